The van der Waals surface area contributed by atoms with E-state index in [2.05, 4.69) is 20.6 Å². The summed E-state index contributed by atoms with van der Waals surface area (Å²) in [5.41, 5.74) is 0. The molecule has 3 nitrogen and oxygen atoms in total. The van der Waals surface area contributed by atoms with Crippen molar-refractivity contribution in [2.75, 3.05) is 26.2 Å². The summed E-state index contributed by atoms with van der Waals surface area (Å²) >= 11 is 1.77. The van der Waals surface area contributed by atoms with Crippen molar-refractivity contribution in [2.24, 2.45) is 11.8 Å². The van der Waals surface area contributed by atoms with Crippen LogP contribution in [0.15, 0.2) is 11.6 Å². The predicted octanol–water partition coefficient (Wildman–Crippen LogP) is 0.794. The van der Waals surface area contributed by atoms with Crippen LogP contribution in [0.1, 0.15) is 5.01 Å². The third-order valence-electron chi connectivity index (χ3n) is 3.31. The van der Waals surface area contributed by atoms with Crippen molar-refractivity contribution in [3.05, 3.63) is 16.6 Å². The molecular weight excluding hydrogens is 194 g/mol. The molecule has 0 aromatic carbocycles. The second-order valence-electron chi connectivity index (χ2n) is 4.30. The van der Waals surface area contributed by atoms with Gasteiger partial charge in [0.05, 0.1) is 6.54 Å². The molecule has 2 fully saturated rings. The van der Waals surface area contributed by atoms with Gasteiger partial charge in [-0.2, -0.15) is 0 Å². The number of hydrogen-bond donors (Lipinski definition) is 1. The maximum absolute atomic E-state index is 4.33. The number of fused-ring (bicyclic) bond motifs is 1. The SMILES string of the molecule is c1csc(CN2C[C@H]3CNC[C@@H]3C2)n1. The monoisotopic (exact) mass is 209 g/mol. The Morgan fingerprint density at radius 1 is 1.43 bits per heavy atom. The van der Waals surface area contributed by atoms with Gasteiger partial charge >= 0.3 is 0 Å². The van der Waals surface area contributed by atoms with E-state index in [0.29, 0.717) is 0 Å². The van der Waals surface area contributed by atoms with Crippen LogP contribution in [0.25, 0.3) is 0 Å². The molecule has 2 atom stereocenters. The first kappa shape index (κ1) is 8.83. The Balaban J connectivity index is 1.61. The lowest BCUT2D eigenvalue weighted by Gasteiger charge is -2.14. The molecule has 0 aliphatic carbocycles. The summed E-state index contributed by atoms with van der Waals surface area (Å²) in [5.74, 6) is 1.80. The summed E-state index contributed by atoms with van der Waals surface area (Å²) in [7, 11) is 0. The van der Waals surface area contributed by atoms with Gasteiger partial charge in [-0.3, -0.25) is 4.90 Å². The van der Waals surface area contributed by atoms with E-state index in [9.17, 15) is 0 Å². The number of thiazole rings is 1. The molecule has 4 heteroatoms. The fourth-order valence-electron chi connectivity index (χ4n) is 2.60. The molecular formula is C10H15N3S. The third kappa shape index (κ3) is 1.58. The first-order valence-electron chi connectivity index (χ1n) is 5.23. The van der Waals surface area contributed by atoms with Gasteiger partial charge < -0.3 is 5.32 Å². The number of nitrogens with one attached hydrogen (secondary N) is 1. The smallest absolute Gasteiger partial charge is 0.107 e. The largest absolute Gasteiger partial charge is 0.316 e. The van der Waals surface area contributed by atoms with Crippen LogP contribution in [0, 0.1) is 11.8 Å². The highest BCUT2D eigenvalue weighted by Crippen LogP contribution is 2.27. The van der Waals surface area contributed by atoms with E-state index in [-0.39, 0.29) is 0 Å². The maximum atomic E-state index is 4.33. The first-order valence-corrected chi connectivity index (χ1v) is 6.11. The molecule has 0 bridgehead atoms. The lowest BCUT2D eigenvalue weighted by atomic mass is 10.0. The summed E-state index contributed by atoms with van der Waals surface area (Å²) < 4.78 is 0. The number of nitrogens with zero attached hydrogens (tertiary/aromatic N) is 2. The second-order valence-corrected chi connectivity index (χ2v) is 5.28. The van der Waals surface area contributed by atoms with Gasteiger partial charge in [0, 0.05) is 24.7 Å². The van der Waals surface area contributed by atoms with Crippen molar-refractivity contribution in [3.63, 3.8) is 0 Å². The van der Waals surface area contributed by atoms with Crippen LogP contribution in [0.3, 0.4) is 0 Å². The summed E-state index contributed by atoms with van der Waals surface area (Å²) in [6.07, 6.45) is 1.90. The van der Waals surface area contributed by atoms with Crippen molar-refractivity contribution in [3.8, 4) is 0 Å². The molecule has 0 radical (unpaired) electrons. The number of aromatic nitrogens is 1. The van der Waals surface area contributed by atoms with Gasteiger partial charge in [0.15, 0.2) is 0 Å². The number of likely N-dealkylation sites (tertiary alicyclic amines) is 1. The fraction of sp³-hybridized carbons (Fsp3) is 0.700. The van der Waals surface area contributed by atoms with Gasteiger partial charge in [0.1, 0.15) is 5.01 Å². The molecule has 2 aliphatic rings. The molecule has 3 heterocycles. The Morgan fingerprint density at radius 3 is 2.86 bits per heavy atom. The van der Waals surface area contributed by atoms with E-state index in [1.54, 1.807) is 11.3 Å². The van der Waals surface area contributed by atoms with E-state index in [1.807, 2.05) is 6.20 Å². The van der Waals surface area contributed by atoms with Crippen LogP contribution in [-0.4, -0.2) is 36.1 Å². The molecule has 0 amide bonds. The highest BCUT2D eigenvalue weighted by molar-refractivity contribution is 7.09. The Bertz CT molecular complexity index is 286. The summed E-state index contributed by atoms with van der Waals surface area (Å²) in [4.78, 5) is 6.89. The van der Waals surface area contributed by atoms with Gasteiger partial charge in [-0.15, -0.1) is 11.3 Å². The molecule has 1 aromatic heterocycles. The minimum Gasteiger partial charge on any atom is -0.316 e. The van der Waals surface area contributed by atoms with Crippen molar-refractivity contribution < 1.29 is 0 Å². The lowest BCUT2D eigenvalue weighted by molar-refractivity contribution is 0.305. The molecule has 1 N–H and O–H groups in total. The van der Waals surface area contributed by atoms with Crippen LogP contribution in [0.4, 0.5) is 0 Å². The minimum absolute atomic E-state index is 0.898. The summed E-state index contributed by atoms with van der Waals surface area (Å²) in [6.45, 7) is 6.03. The third-order valence-corrected chi connectivity index (χ3v) is 4.07. The standard InChI is InChI=1S/C10H15N3S/c1-2-14-10(12-1)7-13-5-8-3-11-4-9(8)6-13/h1-2,8-9,11H,3-7H2/t8-,9-/m1/s1. The average Bonchev–Trinajstić information content (AvgIpc) is 2.78. The first-order chi connectivity index (χ1) is 6.92. The second kappa shape index (κ2) is 3.61. The van der Waals surface area contributed by atoms with E-state index >= 15 is 0 Å². The van der Waals surface area contributed by atoms with E-state index in [4.69, 9.17) is 0 Å². The molecule has 0 spiro atoms. The zero-order chi connectivity index (χ0) is 9.38. The zero-order valence-electron chi connectivity index (χ0n) is 8.15. The van der Waals surface area contributed by atoms with Crippen LogP contribution >= 0.6 is 11.3 Å². The average molecular weight is 209 g/mol. The van der Waals surface area contributed by atoms with Gasteiger partial charge in [0.2, 0.25) is 0 Å². The topological polar surface area (TPSA) is 28.2 Å². The van der Waals surface area contributed by atoms with Crippen molar-refractivity contribution in [1.29, 1.82) is 0 Å². The van der Waals surface area contributed by atoms with Crippen molar-refractivity contribution in [1.82, 2.24) is 15.2 Å². The van der Waals surface area contributed by atoms with Gasteiger partial charge in [-0.1, -0.05) is 0 Å². The number of hydrogen-bond acceptors (Lipinski definition) is 4. The Labute approximate surface area is 88.1 Å². The van der Waals surface area contributed by atoms with Gasteiger partial charge in [0.25, 0.3) is 0 Å². The Hall–Kier alpha value is -0.450. The van der Waals surface area contributed by atoms with E-state index in [1.165, 1.54) is 31.2 Å². The predicted molar refractivity (Wildman–Crippen MR) is 57.2 cm³/mol. The molecule has 2 aliphatic heterocycles. The minimum atomic E-state index is 0.898. The molecule has 2 saturated heterocycles. The van der Waals surface area contributed by atoms with Crippen LogP contribution in [0.5, 0.6) is 0 Å². The van der Waals surface area contributed by atoms with Crippen LogP contribution in [0.2, 0.25) is 0 Å². The van der Waals surface area contributed by atoms with Gasteiger partial charge in [-0.05, 0) is 24.9 Å². The zero-order valence-corrected chi connectivity index (χ0v) is 8.96. The maximum Gasteiger partial charge on any atom is 0.107 e. The fourth-order valence-corrected chi connectivity index (χ4v) is 3.26. The Morgan fingerprint density at radius 2 is 2.21 bits per heavy atom. The van der Waals surface area contributed by atoms with Gasteiger partial charge in [-0.25, -0.2) is 4.98 Å². The summed E-state index contributed by atoms with van der Waals surface area (Å²) in [5, 5.41) is 6.79. The van der Waals surface area contributed by atoms with Crippen molar-refractivity contribution >= 4 is 11.3 Å². The molecule has 0 saturated carbocycles. The normalized spacial score (nSPS) is 32.3. The molecule has 76 valence electrons. The van der Waals surface area contributed by atoms with E-state index < -0.39 is 0 Å². The van der Waals surface area contributed by atoms with E-state index in [0.717, 1.165) is 18.4 Å². The van der Waals surface area contributed by atoms with Crippen LogP contribution in [-0.2, 0) is 6.54 Å². The molecule has 14 heavy (non-hydrogen) atoms. The lowest BCUT2D eigenvalue weighted by Crippen LogP contribution is -2.25. The molecule has 1 aromatic rings. The van der Waals surface area contributed by atoms with Crippen molar-refractivity contribution in [2.45, 2.75) is 6.54 Å². The summed E-state index contributed by atoms with van der Waals surface area (Å²) in [6, 6.07) is 0. The van der Waals surface area contributed by atoms with Crippen LogP contribution < -0.4 is 5.32 Å². The highest BCUT2D eigenvalue weighted by atomic mass is 32.1. The quantitative estimate of drug-likeness (QED) is 0.780. The highest BCUT2D eigenvalue weighted by Gasteiger charge is 2.35. The molecule has 0 unspecified atom stereocenters. The molecule has 3 rings (SSSR count). The number of rotatable bonds is 2. The Kier molecular flexibility index (Phi) is 2.27.